The summed E-state index contributed by atoms with van der Waals surface area (Å²) in [6, 6.07) is 6.69. The van der Waals surface area contributed by atoms with E-state index < -0.39 is 0 Å². The van der Waals surface area contributed by atoms with Crippen molar-refractivity contribution in [2.75, 3.05) is 11.9 Å². The Bertz CT molecular complexity index is 685. The summed E-state index contributed by atoms with van der Waals surface area (Å²) in [5.74, 6) is 0.680. The summed E-state index contributed by atoms with van der Waals surface area (Å²) in [5, 5.41) is 3.89. The maximum Gasteiger partial charge on any atom is 0.149 e. The van der Waals surface area contributed by atoms with E-state index in [0.717, 1.165) is 17.9 Å². The van der Waals surface area contributed by atoms with Crippen LogP contribution in [0.2, 0.25) is 5.02 Å². The molecule has 1 atom stereocenters. The van der Waals surface area contributed by atoms with E-state index in [-0.39, 0.29) is 0 Å². The Morgan fingerprint density at radius 2 is 2.12 bits per heavy atom. The molecule has 5 heteroatoms. The number of nitrogens with zero attached hydrogens (tertiary/aromatic N) is 3. The molecule has 0 radical (unpaired) electrons. The van der Waals surface area contributed by atoms with Crippen molar-refractivity contribution in [3.8, 4) is 0 Å². The van der Waals surface area contributed by atoms with Gasteiger partial charge in [-0.25, -0.2) is 4.98 Å². The molecule has 1 aliphatic rings. The van der Waals surface area contributed by atoms with Crippen molar-refractivity contribution < 1.29 is 0 Å². The molecular formula is C20H27ClN4. The van der Waals surface area contributed by atoms with Crippen LogP contribution in [0.1, 0.15) is 50.3 Å². The zero-order valence-electron chi connectivity index (χ0n) is 15.1. The van der Waals surface area contributed by atoms with Crippen LogP contribution in [0.4, 0.5) is 11.5 Å². The quantitative estimate of drug-likeness (QED) is 0.757. The molecule has 1 aliphatic heterocycles. The van der Waals surface area contributed by atoms with E-state index in [1.54, 1.807) is 6.20 Å². The van der Waals surface area contributed by atoms with Gasteiger partial charge in [0, 0.05) is 24.5 Å². The highest BCUT2D eigenvalue weighted by molar-refractivity contribution is 6.33. The van der Waals surface area contributed by atoms with Gasteiger partial charge in [0.2, 0.25) is 0 Å². The molecule has 1 saturated heterocycles. The second kappa shape index (κ2) is 8.63. The third kappa shape index (κ3) is 4.93. The lowest BCUT2D eigenvalue weighted by molar-refractivity contribution is 0.131. The first-order valence-electron chi connectivity index (χ1n) is 9.24. The van der Waals surface area contributed by atoms with E-state index in [1.165, 1.54) is 44.2 Å². The summed E-state index contributed by atoms with van der Waals surface area (Å²) < 4.78 is 0. The van der Waals surface area contributed by atoms with Gasteiger partial charge in [0.25, 0.3) is 0 Å². The Morgan fingerprint density at radius 1 is 1.24 bits per heavy atom. The average Bonchev–Trinajstić information content (AvgIpc) is 2.61. The molecule has 0 spiro atoms. The average molecular weight is 359 g/mol. The number of nitrogens with one attached hydrogen (secondary N) is 1. The van der Waals surface area contributed by atoms with Crippen LogP contribution in [0.3, 0.4) is 0 Å². The molecule has 2 aromatic rings. The number of aryl methyl sites for hydroxylation is 1. The molecule has 0 amide bonds. The van der Waals surface area contributed by atoms with Gasteiger partial charge in [-0.3, -0.25) is 9.88 Å². The van der Waals surface area contributed by atoms with Gasteiger partial charge in [-0.05, 0) is 56.5 Å². The first-order chi connectivity index (χ1) is 12.2. The Morgan fingerprint density at radius 3 is 2.84 bits per heavy atom. The van der Waals surface area contributed by atoms with Crippen LogP contribution in [0.15, 0.2) is 30.6 Å². The van der Waals surface area contributed by atoms with Crippen LogP contribution < -0.4 is 5.32 Å². The van der Waals surface area contributed by atoms with Crippen LogP contribution in [0.5, 0.6) is 0 Å². The predicted octanol–water partition coefficient (Wildman–Crippen LogP) is 5.34. The molecule has 25 heavy (non-hydrogen) atoms. The fourth-order valence-corrected chi connectivity index (χ4v) is 3.73. The molecule has 0 bridgehead atoms. The van der Waals surface area contributed by atoms with Crippen molar-refractivity contribution in [3.05, 3.63) is 46.9 Å². The molecule has 0 aliphatic carbocycles. The second-order valence-electron chi connectivity index (χ2n) is 6.90. The normalized spacial score (nSPS) is 18.3. The molecule has 0 unspecified atom stereocenters. The summed E-state index contributed by atoms with van der Waals surface area (Å²) in [6.07, 6.45) is 10.2. The Hall–Kier alpha value is -1.65. The van der Waals surface area contributed by atoms with Crippen LogP contribution in [-0.2, 0) is 6.54 Å². The molecule has 3 heterocycles. The lowest BCUT2D eigenvalue weighted by Crippen LogP contribution is -2.38. The molecule has 0 aromatic carbocycles. The van der Waals surface area contributed by atoms with Crippen molar-refractivity contribution >= 4 is 23.1 Å². The van der Waals surface area contributed by atoms with Crippen molar-refractivity contribution in [1.29, 1.82) is 0 Å². The summed E-state index contributed by atoms with van der Waals surface area (Å²) >= 11 is 6.46. The van der Waals surface area contributed by atoms with Gasteiger partial charge >= 0.3 is 0 Å². The summed E-state index contributed by atoms with van der Waals surface area (Å²) in [5.41, 5.74) is 3.07. The minimum Gasteiger partial charge on any atom is -0.338 e. The summed E-state index contributed by atoms with van der Waals surface area (Å²) in [6.45, 7) is 6.35. The van der Waals surface area contributed by atoms with Gasteiger partial charge in [-0.15, -0.1) is 0 Å². The zero-order chi connectivity index (χ0) is 17.6. The Balaban J connectivity index is 1.67. The van der Waals surface area contributed by atoms with Crippen LogP contribution in [0, 0.1) is 6.92 Å². The van der Waals surface area contributed by atoms with E-state index in [0.29, 0.717) is 16.9 Å². The number of anilines is 2. The van der Waals surface area contributed by atoms with E-state index in [2.05, 4.69) is 27.1 Å². The first-order valence-corrected chi connectivity index (χ1v) is 9.61. The fourth-order valence-electron chi connectivity index (χ4n) is 3.50. The van der Waals surface area contributed by atoms with Gasteiger partial charge in [0.1, 0.15) is 5.82 Å². The third-order valence-corrected chi connectivity index (χ3v) is 5.12. The highest BCUT2D eigenvalue weighted by atomic mass is 35.5. The summed E-state index contributed by atoms with van der Waals surface area (Å²) in [7, 11) is 0. The maximum absolute atomic E-state index is 6.46. The Kier molecular flexibility index (Phi) is 6.27. The molecular weight excluding hydrogens is 332 g/mol. The Labute approximate surface area is 155 Å². The highest BCUT2D eigenvalue weighted by Gasteiger charge is 2.21. The monoisotopic (exact) mass is 358 g/mol. The van der Waals surface area contributed by atoms with E-state index >= 15 is 0 Å². The standard InChI is InChI=1S/C20H27ClN4/c1-3-6-18-7-4-5-10-25(18)14-16-11-19(21)20(23-12-16)24-17-9-8-15(2)22-13-17/h8-9,11-13,18H,3-7,10,14H2,1-2H3,(H,23,24)/t18-/m1/s1. The fraction of sp³-hybridized carbons (Fsp3) is 0.500. The molecule has 1 N–H and O–H groups in total. The minimum absolute atomic E-state index is 0.655. The number of halogens is 1. The zero-order valence-corrected chi connectivity index (χ0v) is 15.9. The number of hydrogen-bond donors (Lipinski definition) is 1. The number of aromatic nitrogens is 2. The smallest absolute Gasteiger partial charge is 0.149 e. The van der Waals surface area contributed by atoms with Gasteiger partial charge < -0.3 is 5.32 Å². The number of likely N-dealkylation sites (tertiary alicyclic amines) is 1. The number of pyridine rings is 2. The SMILES string of the molecule is CCC[C@@H]1CCCCN1Cc1cnc(Nc2ccc(C)nc2)c(Cl)c1. The second-order valence-corrected chi connectivity index (χ2v) is 7.30. The molecule has 3 rings (SSSR count). The number of piperidine rings is 1. The minimum atomic E-state index is 0.655. The molecule has 134 valence electrons. The van der Waals surface area contributed by atoms with Crippen molar-refractivity contribution in [2.24, 2.45) is 0 Å². The van der Waals surface area contributed by atoms with Crippen LogP contribution in [0.25, 0.3) is 0 Å². The van der Waals surface area contributed by atoms with E-state index in [4.69, 9.17) is 11.6 Å². The van der Waals surface area contributed by atoms with E-state index in [1.807, 2.05) is 31.3 Å². The molecule has 4 nitrogen and oxygen atoms in total. The maximum atomic E-state index is 6.46. The van der Waals surface area contributed by atoms with Crippen LogP contribution >= 0.6 is 11.6 Å². The predicted molar refractivity (Wildman–Crippen MR) is 104 cm³/mol. The molecule has 2 aromatic heterocycles. The van der Waals surface area contributed by atoms with E-state index in [9.17, 15) is 0 Å². The molecule has 0 saturated carbocycles. The third-order valence-electron chi connectivity index (χ3n) is 4.83. The number of rotatable bonds is 6. The van der Waals surface area contributed by atoms with Gasteiger partial charge in [0.15, 0.2) is 0 Å². The lowest BCUT2D eigenvalue weighted by atomic mass is 9.98. The van der Waals surface area contributed by atoms with Crippen molar-refractivity contribution in [1.82, 2.24) is 14.9 Å². The van der Waals surface area contributed by atoms with Gasteiger partial charge in [-0.1, -0.05) is 31.4 Å². The largest absolute Gasteiger partial charge is 0.338 e. The molecule has 1 fully saturated rings. The summed E-state index contributed by atoms with van der Waals surface area (Å²) in [4.78, 5) is 11.4. The van der Waals surface area contributed by atoms with Gasteiger partial charge in [0.05, 0.1) is 16.9 Å². The van der Waals surface area contributed by atoms with Crippen LogP contribution in [-0.4, -0.2) is 27.5 Å². The topological polar surface area (TPSA) is 41.1 Å². The highest BCUT2D eigenvalue weighted by Crippen LogP contribution is 2.27. The first kappa shape index (κ1) is 18.2. The lowest BCUT2D eigenvalue weighted by Gasteiger charge is -2.35. The van der Waals surface area contributed by atoms with Gasteiger partial charge in [-0.2, -0.15) is 0 Å². The van der Waals surface area contributed by atoms with Crippen molar-refractivity contribution in [3.63, 3.8) is 0 Å². The van der Waals surface area contributed by atoms with Crippen molar-refractivity contribution in [2.45, 2.75) is 58.5 Å². The number of hydrogen-bond acceptors (Lipinski definition) is 4.